The molecule has 2 heterocycles. The van der Waals surface area contributed by atoms with Crippen molar-refractivity contribution in [3.8, 4) is 0 Å². The van der Waals surface area contributed by atoms with Gasteiger partial charge in [-0.15, -0.1) is 0 Å². The van der Waals surface area contributed by atoms with Crippen LogP contribution in [-0.2, 0) is 46.2 Å². The number of benzene rings is 2. The van der Waals surface area contributed by atoms with Crippen LogP contribution in [0, 0.1) is 5.92 Å². The zero-order valence-electron chi connectivity index (χ0n) is 28.2. The molecular formula is C37H48O13. The number of aliphatic carboxylic acids is 3. The van der Waals surface area contributed by atoms with Gasteiger partial charge < -0.3 is 44.8 Å². The van der Waals surface area contributed by atoms with E-state index in [9.17, 15) is 49.8 Å². The van der Waals surface area contributed by atoms with E-state index in [1.54, 1.807) is 0 Å². The quantitative estimate of drug-likeness (QED) is 0.0862. The summed E-state index contributed by atoms with van der Waals surface area (Å²) in [6, 6.07) is 19.6. The van der Waals surface area contributed by atoms with Crippen molar-refractivity contribution >= 4 is 23.9 Å². The Morgan fingerprint density at radius 3 is 1.98 bits per heavy atom. The number of hydrogen-bond acceptors (Lipinski definition) is 10. The standard InChI is InChI=1S/C37H48O13/c1-24(23-26-18-11-7-12-19-26)27(38)20-14-22-35-29(40)30(37(50-35,34(45)46)36(47,33(43)44)31(49-35)32(41)42)48-28(39)21-13-5-3-2-4-8-15-25-16-9-6-10-17-25/h6-7,9-12,16-19,24,27,29-31,38,40,47H,2-5,8,13-15,20-23H2,1H3,(H,41,42)(H,43,44)(H,45,46)/t24-,27-,29-,30-,31-,35+,36-,37+/m1/s1. The zero-order chi connectivity index (χ0) is 36.5. The van der Waals surface area contributed by atoms with Crippen molar-refractivity contribution in [3.05, 3.63) is 71.8 Å². The third-order valence-corrected chi connectivity index (χ3v) is 9.88. The van der Waals surface area contributed by atoms with Crippen LogP contribution in [0.25, 0.3) is 0 Å². The molecule has 0 radical (unpaired) electrons. The number of aliphatic hydroxyl groups excluding tert-OH is 2. The van der Waals surface area contributed by atoms with Crippen molar-refractivity contribution in [3.63, 3.8) is 0 Å². The maximum Gasteiger partial charge on any atom is 0.344 e. The molecule has 6 N–H and O–H groups in total. The fourth-order valence-corrected chi connectivity index (χ4v) is 7.06. The minimum atomic E-state index is -3.82. The fourth-order valence-electron chi connectivity index (χ4n) is 7.06. The van der Waals surface area contributed by atoms with Gasteiger partial charge in [0.05, 0.1) is 6.10 Å². The number of carbonyl (C=O) groups is 4. The number of rotatable bonds is 20. The molecule has 2 aliphatic heterocycles. The summed E-state index contributed by atoms with van der Waals surface area (Å²) in [6.45, 7) is 1.83. The van der Waals surface area contributed by atoms with Gasteiger partial charge in [-0.25, -0.2) is 14.4 Å². The first-order chi connectivity index (χ1) is 23.8. The Morgan fingerprint density at radius 1 is 0.820 bits per heavy atom. The predicted molar refractivity (Wildman–Crippen MR) is 177 cm³/mol. The molecule has 274 valence electrons. The molecule has 2 saturated heterocycles. The highest BCUT2D eigenvalue weighted by Crippen LogP contribution is 2.55. The van der Waals surface area contributed by atoms with Gasteiger partial charge >= 0.3 is 23.9 Å². The Labute approximate surface area is 290 Å². The summed E-state index contributed by atoms with van der Waals surface area (Å²) in [4.78, 5) is 50.7. The van der Waals surface area contributed by atoms with Crippen molar-refractivity contribution < 1.29 is 64.0 Å². The second-order valence-electron chi connectivity index (χ2n) is 13.5. The summed E-state index contributed by atoms with van der Waals surface area (Å²) in [5.74, 6) is -10.2. The van der Waals surface area contributed by atoms with E-state index in [0.717, 1.165) is 37.7 Å². The molecule has 2 aromatic carbocycles. The highest BCUT2D eigenvalue weighted by atomic mass is 16.8. The van der Waals surface area contributed by atoms with Gasteiger partial charge in [-0.3, -0.25) is 4.79 Å². The molecule has 0 spiro atoms. The van der Waals surface area contributed by atoms with Crippen LogP contribution < -0.4 is 0 Å². The first-order valence-electron chi connectivity index (χ1n) is 17.2. The van der Waals surface area contributed by atoms with Crippen LogP contribution in [0.4, 0.5) is 0 Å². The van der Waals surface area contributed by atoms with Gasteiger partial charge in [-0.1, -0.05) is 93.3 Å². The minimum Gasteiger partial charge on any atom is -0.479 e. The molecule has 0 amide bonds. The van der Waals surface area contributed by atoms with Gasteiger partial charge in [0, 0.05) is 12.8 Å². The Kier molecular flexibility index (Phi) is 13.1. The van der Waals surface area contributed by atoms with Crippen LogP contribution in [-0.4, -0.2) is 95.9 Å². The van der Waals surface area contributed by atoms with Crippen molar-refractivity contribution in [2.24, 2.45) is 5.92 Å². The molecule has 50 heavy (non-hydrogen) atoms. The van der Waals surface area contributed by atoms with Gasteiger partial charge in [0.25, 0.3) is 0 Å². The average molecular weight is 701 g/mol. The van der Waals surface area contributed by atoms with Crippen molar-refractivity contribution in [1.82, 2.24) is 0 Å². The van der Waals surface area contributed by atoms with Crippen molar-refractivity contribution in [1.29, 1.82) is 0 Å². The van der Waals surface area contributed by atoms with E-state index in [1.165, 1.54) is 5.56 Å². The van der Waals surface area contributed by atoms with Gasteiger partial charge in [0.2, 0.25) is 23.1 Å². The van der Waals surface area contributed by atoms with Crippen LogP contribution in [0.5, 0.6) is 0 Å². The van der Waals surface area contributed by atoms with E-state index in [1.807, 2.05) is 55.5 Å². The number of carbonyl (C=O) groups excluding carboxylic acids is 1. The largest absolute Gasteiger partial charge is 0.479 e. The first kappa shape index (κ1) is 38.9. The second kappa shape index (κ2) is 16.9. The Balaban J connectivity index is 1.42. The monoisotopic (exact) mass is 700 g/mol. The normalized spacial score (nSPS) is 28.4. The molecule has 2 fully saturated rings. The smallest absolute Gasteiger partial charge is 0.344 e. The molecule has 8 atom stereocenters. The molecule has 13 heteroatoms. The first-order valence-corrected chi connectivity index (χ1v) is 17.2. The van der Waals surface area contributed by atoms with Gasteiger partial charge in [-0.2, -0.15) is 0 Å². The Hall–Kier alpha value is -3.88. The SMILES string of the molecule is C[C@H](Cc1ccccc1)[C@H](O)CCC[C@]12O[C@H](C(=O)O)[C@@](O)(C(=O)O)[C@](C(=O)O)(O1)[C@H](OC(=O)CCCCCCCCc1ccccc1)[C@H]2O. The molecule has 2 aromatic rings. The maximum atomic E-state index is 13.0. The zero-order valence-corrected chi connectivity index (χ0v) is 28.2. The van der Waals surface area contributed by atoms with Crippen LogP contribution >= 0.6 is 0 Å². The predicted octanol–water partition coefficient (Wildman–Crippen LogP) is 3.49. The topological polar surface area (TPSA) is 217 Å². The third-order valence-electron chi connectivity index (χ3n) is 9.88. The summed E-state index contributed by atoms with van der Waals surface area (Å²) in [5, 5.41) is 64.0. The van der Waals surface area contributed by atoms with E-state index in [2.05, 4.69) is 12.1 Å². The summed E-state index contributed by atoms with van der Waals surface area (Å²) in [7, 11) is 0. The lowest BCUT2D eigenvalue weighted by Gasteiger charge is -2.48. The third kappa shape index (κ3) is 8.18. The van der Waals surface area contributed by atoms with Crippen LogP contribution in [0.15, 0.2) is 60.7 Å². The second-order valence-corrected chi connectivity index (χ2v) is 13.5. The van der Waals surface area contributed by atoms with E-state index in [0.29, 0.717) is 19.3 Å². The molecule has 13 nitrogen and oxygen atoms in total. The van der Waals surface area contributed by atoms with Gasteiger partial charge in [-0.05, 0) is 55.6 Å². The number of unbranched alkanes of at least 4 members (excludes halogenated alkanes) is 5. The lowest BCUT2D eigenvalue weighted by molar-refractivity contribution is -0.374. The van der Waals surface area contributed by atoms with E-state index < -0.39 is 71.7 Å². The van der Waals surface area contributed by atoms with Crippen molar-refractivity contribution in [2.75, 3.05) is 0 Å². The molecule has 4 rings (SSSR count). The molecule has 0 unspecified atom stereocenters. The minimum absolute atomic E-state index is 0.00307. The Bertz CT molecular complexity index is 1450. The van der Waals surface area contributed by atoms with Gasteiger partial charge in [0.1, 0.15) is 6.10 Å². The van der Waals surface area contributed by atoms with E-state index >= 15 is 0 Å². The highest BCUT2D eigenvalue weighted by Gasteiger charge is 2.85. The number of aryl methyl sites for hydroxylation is 1. The van der Waals surface area contributed by atoms with Crippen LogP contribution in [0.2, 0.25) is 0 Å². The number of carboxylic acid groups (broad SMARTS) is 3. The lowest BCUT2D eigenvalue weighted by Crippen LogP contribution is -2.78. The molecule has 2 aliphatic rings. The fraction of sp³-hybridized carbons (Fsp3) is 0.568. The number of carboxylic acids is 3. The summed E-state index contributed by atoms with van der Waals surface area (Å²) in [5.41, 5.74) is -5.01. The van der Waals surface area contributed by atoms with Crippen LogP contribution in [0.1, 0.15) is 82.3 Å². The highest BCUT2D eigenvalue weighted by molar-refractivity contribution is 5.98. The van der Waals surface area contributed by atoms with E-state index in [-0.39, 0.29) is 25.2 Å². The molecular weight excluding hydrogens is 652 g/mol. The number of fused-ring (bicyclic) bond motifs is 2. The number of ether oxygens (including phenoxy) is 3. The number of aliphatic hydroxyl groups is 3. The van der Waals surface area contributed by atoms with E-state index in [4.69, 9.17) is 14.2 Å². The summed E-state index contributed by atoms with van der Waals surface area (Å²) >= 11 is 0. The van der Waals surface area contributed by atoms with Gasteiger partial charge in [0.15, 0.2) is 6.10 Å². The number of hydrogen-bond donors (Lipinski definition) is 6. The lowest BCUT2D eigenvalue weighted by atomic mass is 9.74. The molecule has 0 saturated carbocycles. The number of esters is 1. The molecule has 0 aromatic heterocycles. The molecule has 0 aliphatic carbocycles. The Morgan fingerprint density at radius 2 is 1.40 bits per heavy atom. The summed E-state index contributed by atoms with van der Waals surface area (Å²) in [6.07, 6.45) is -2.43. The average Bonchev–Trinajstić information content (AvgIpc) is 3.30. The van der Waals surface area contributed by atoms with Crippen LogP contribution in [0.3, 0.4) is 0 Å². The van der Waals surface area contributed by atoms with Crippen molar-refractivity contribution in [2.45, 2.75) is 125 Å². The maximum absolute atomic E-state index is 13.0. The molecule has 2 bridgehead atoms. The summed E-state index contributed by atoms with van der Waals surface area (Å²) < 4.78 is 16.5.